The van der Waals surface area contributed by atoms with Crippen molar-refractivity contribution in [2.75, 3.05) is 5.73 Å². The highest BCUT2D eigenvalue weighted by Crippen LogP contribution is 2.25. The summed E-state index contributed by atoms with van der Waals surface area (Å²) in [7, 11) is 0. The quantitative estimate of drug-likeness (QED) is 0.686. The van der Waals surface area contributed by atoms with Crippen LogP contribution in [0, 0.1) is 0 Å². The van der Waals surface area contributed by atoms with Gasteiger partial charge >= 0.3 is 0 Å². The van der Waals surface area contributed by atoms with Crippen LogP contribution < -0.4 is 5.73 Å². The maximum atomic E-state index is 5.58. The van der Waals surface area contributed by atoms with Crippen LogP contribution in [-0.4, -0.2) is 15.0 Å². The van der Waals surface area contributed by atoms with Crippen molar-refractivity contribution in [1.29, 1.82) is 0 Å². The molecule has 1 aromatic heterocycles. The average molecular weight is 222 g/mol. The Morgan fingerprint density at radius 2 is 1.71 bits per heavy atom. The van der Waals surface area contributed by atoms with E-state index in [1.165, 1.54) is 6.33 Å². The summed E-state index contributed by atoms with van der Waals surface area (Å²) in [4.78, 5) is 12.1. The molecule has 0 aliphatic rings. The number of nitrogens with two attached hydrogens (primary N) is 1. The zero-order valence-electron chi connectivity index (χ0n) is 9.04. The van der Waals surface area contributed by atoms with E-state index < -0.39 is 0 Å². The van der Waals surface area contributed by atoms with Gasteiger partial charge in [0.25, 0.3) is 0 Å². The van der Waals surface area contributed by atoms with Crippen LogP contribution in [0.15, 0.2) is 48.8 Å². The van der Waals surface area contributed by atoms with Gasteiger partial charge in [0.05, 0.1) is 0 Å². The lowest BCUT2D eigenvalue weighted by Gasteiger charge is -2.04. The van der Waals surface area contributed by atoms with Crippen molar-refractivity contribution in [2.45, 2.75) is 0 Å². The maximum Gasteiger partial charge on any atom is 0.223 e. The molecular formula is C13H10N4. The highest BCUT2D eigenvalue weighted by molar-refractivity contribution is 5.94. The number of anilines is 1. The number of benzene rings is 2. The van der Waals surface area contributed by atoms with Gasteiger partial charge in [-0.05, 0) is 10.8 Å². The van der Waals surface area contributed by atoms with Gasteiger partial charge in [-0.25, -0.2) is 9.97 Å². The van der Waals surface area contributed by atoms with Crippen molar-refractivity contribution in [3.8, 4) is 11.4 Å². The molecule has 0 fully saturated rings. The predicted molar refractivity (Wildman–Crippen MR) is 67.2 cm³/mol. The molecule has 0 aliphatic carbocycles. The second kappa shape index (κ2) is 3.83. The molecule has 2 N–H and O–H groups in total. The first-order valence-corrected chi connectivity index (χ1v) is 5.27. The Hall–Kier alpha value is -2.49. The van der Waals surface area contributed by atoms with Crippen molar-refractivity contribution in [2.24, 2.45) is 0 Å². The van der Waals surface area contributed by atoms with Gasteiger partial charge in [0.2, 0.25) is 5.95 Å². The fourth-order valence-corrected chi connectivity index (χ4v) is 1.86. The average Bonchev–Trinajstić information content (AvgIpc) is 2.38. The summed E-state index contributed by atoms with van der Waals surface area (Å²) in [6, 6.07) is 14.1. The lowest BCUT2D eigenvalue weighted by Crippen LogP contribution is -1.98. The number of nitrogen functional groups attached to an aromatic ring is 1. The van der Waals surface area contributed by atoms with Crippen LogP contribution in [0.3, 0.4) is 0 Å². The van der Waals surface area contributed by atoms with Crippen LogP contribution in [0.25, 0.3) is 22.2 Å². The molecule has 0 saturated heterocycles. The lowest BCUT2D eigenvalue weighted by atomic mass is 10.0. The number of fused-ring (bicyclic) bond motifs is 1. The van der Waals surface area contributed by atoms with Gasteiger partial charge in [-0.15, -0.1) is 0 Å². The summed E-state index contributed by atoms with van der Waals surface area (Å²) >= 11 is 0. The number of hydrogen-bond acceptors (Lipinski definition) is 4. The Balaban J connectivity index is 2.30. The van der Waals surface area contributed by atoms with E-state index in [9.17, 15) is 0 Å². The molecule has 4 heteroatoms. The summed E-state index contributed by atoms with van der Waals surface area (Å²) in [5, 5.41) is 2.27. The van der Waals surface area contributed by atoms with Crippen molar-refractivity contribution >= 4 is 16.7 Å². The van der Waals surface area contributed by atoms with Gasteiger partial charge in [0, 0.05) is 5.56 Å². The molecule has 3 aromatic rings. The van der Waals surface area contributed by atoms with Gasteiger partial charge in [0.15, 0.2) is 5.82 Å². The fourth-order valence-electron chi connectivity index (χ4n) is 1.86. The standard InChI is InChI=1S/C13H10N4/c14-13-16-8-15-12(17-13)11-7-3-5-9-4-1-2-6-10(9)11/h1-8H,(H2,14,15,16,17). The van der Waals surface area contributed by atoms with E-state index in [4.69, 9.17) is 5.73 Å². The van der Waals surface area contributed by atoms with Crippen LogP contribution in [0.2, 0.25) is 0 Å². The SMILES string of the molecule is Nc1ncnc(-c2cccc3ccccc23)n1. The van der Waals surface area contributed by atoms with Gasteiger partial charge < -0.3 is 5.73 Å². The van der Waals surface area contributed by atoms with Crippen LogP contribution in [0.5, 0.6) is 0 Å². The normalized spacial score (nSPS) is 10.6. The van der Waals surface area contributed by atoms with E-state index in [1.54, 1.807) is 0 Å². The first-order valence-electron chi connectivity index (χ1n) is 5.27. The largest absolute Gasteiger partial charge is 0.368 e. The molecule has 0 aliphatic heterocycles. The molecule has 3 rings (SSSR count). The Labute approximate surface area is 98.2 Å². The topological polar surface area (TPSA) is 64.7 Å². The molecule has 2 aromatic carbocycles. The van der Waals surface area contributed by atoms with E-state index in [2.05, 4.69) is 27.1 Å². The first-order chi connectivity index (χ1) is 8.34. The highest BCUT2D eigenvalue weighted by atomic mass is 15.1. The van der Waals surface area contributed by atoms with Gasteiger partial charge in [-0.1, -0.05) is 42.5 Å². The highest BCUT2D eigenvalue weighted by Gasteiger charge is 2.06. The first kappa shape index (κ1) is 9.72. The summed E-state index contributed by atoms with van der Waals surface area (Å²) in [6.45, 7) is 0. The Bertz CT molecular complexity index is 674. The zero-order chi connectivity index (χ0) is 11.7. The van der Waals surface area contributed by atoms with E-state index in [0.29, 0.717) is 5.82 Å². The second-order valence-corrected chi connectivity index (χ2v) is 3.69. The van der Waals surface area contributed by atoms with Crippen molar-refractivity contribution in [3.05, 3.63) is 48.8 Å². The smallest absolute Gasteiger partial charge is 0.223 e. The zero-order valence-corrected chi connectivity index (χ0v) is 9.04. The van der Waals surface area contributed by atoms with Gasteiger partial charge in [-0.3, -0.25) is 0 Å². The van der Waals surface area contributed by atoms with Crippen LogP contribution in [0.1, 0.15) is 0 Å². The summed E-state index contributed by atoms with van der Waals surface area (Å²) in [5.41, 5.74) is 6.55. The molecule has 1 heterocycles. The second-order valence-electron chi connectivity index (χ2n) is 3.69. The number of hydrogen-bond donors (Lipinski definition) is 1. The molecule has 0 unspecified atom stereocenters. The molecule has 0 amide bonds. The molecule has 0 saturated carbocycles. The molecule has 0 atom stereocenters. The number of rotatable bonds is 1. The molecule has 0 spiro atoms. The molecule has 0 radical (unpaired) electrons. The van der Waals surface area contributed by atoms with Crippen molar-refractivity contribution in [1.82, 2.24) is 15.0 Å². The van der Waals surface area contributed by atoms with E-state index in [-0.39, 0.29) is 5.95 Å². The van der Waals surface area contributed by atoms with Crippen molar-refractivity contribution in [3.63, 3.8) is 0 Å². The van der Waals surface area contributed by atoms with Gasteiger partial charge in [-0.2, -0.15) is 4.98 Å². The monoisotopic (exact) mass is 222 g/mol. The molecule has 17 heavy (non-hydrogen) atoms. The fraction of sp³-hybridized carbons (Fsp3) is 0. The van der Waals surface area contributed by atoms with Crippen LogP contribution >= 0.6 is 0 Å². The summed E-state index contributed by atoms with van der Waals surface area (Å²) in [5.74, 6) is 0.845. The maximum absolute atomic E-state index is 5.58. The van der Waals surface area contributed by atoms with E-state index in [1.807, 2.05) is 30.3 Å². The molecular weight excluding hydrogens is 212 g/mol. The van der Waals surface area contributed by atoms with E-state index in [0.717, 1.165) is 16.3 Å². The third-order valence-corrected chi connectivity index (χ3v) is 2.62. The number of aromatic nitrogens is 3. The predicted octanol–water partition coefficient (Wildman–Crippen LogP) is 2.27. The third-order valence-electron chi connectivity index (χ3n) is 2.62. The molecule has 4 nitrogen and oxygen atoms in total. The Morgan fingerprint density at radius 3 is 2.59 bits per heavy atom. The van der Waals surface area contributed by atoms with E-state index >= 15 is 0 Å². The summed E-state index contributed by atoms with van der Waals surface area (Å²) in [6.07, 6.45) is 1.43. The molecule has 0 bridgehead atoms. The number of nitrogens with zero attached hydrogens (tertiary/aromatic N) is 3. The van der Waals surface area contributed by atoms with Crippen LogP contribution in [-0.2, 0) is 0 Å². The molecule has 82 valence electrons. The van der Waals surface area contributed by atoms with Gasteiger partial charge in [0.1, 0.15) is 6.33 Å². The Morgan fingerprint density at radius 1 is 0.882 bits per heavy atom. The Kier molecular flexibility index (Phi) is 2.19. The van der Waals surface area contributed by atoms with Crippen molar-refractivity contribution < 1.29 is 0 Å². The summed E-state index contributed by atoms with van der Waals surface area (Å²) < 4.78 is 0. The minimum atomic E-state index is 0.239. The lowest BCUT2D eigenvalue weighted by molar-refractivity contribution is 1.07. The minimum absolute atomic E-state index is 0.239. The third kappa shape index (κ3) is 1.69. The minimum Gasteiger partial charge on any atom is -0.368 e. The van der Waals surface area contributed by atoms with Crippen LogP contribution in [0.4, 0.5) is 5.95 Å².